The van der Waals surface area contributed by atoms with Gasteiger partial charge in [0.1, 0.15) is 0 Å². The zero-order valence-corrected chi connectivity index (χ0v) is 20.8. The second-order valence-electron chi connectivity index (χ2n) is 9.49. The van der Waals surface area contributed by atoms with Crippen molar-refractivity contribution in [2.45, 2.75) is 6.17 Å². The number of hydrogen-bond donors (Lipinski definition) is 1. The van der Waals surface area contributed by atoms with Gasteiger partial charge in [0.15, 0.2) is 6.17 Å². The number of fused-ring (bicyclic) bond motifs is 2. The number of nitrogens with one attached hydrogen (secondary N) is 1. The summed E-state index contributed by atoms with van der Waals surface area (Å²) in [4.78, 5) is 9.21. The highest BCUT2D eigenvalue weighted by atomic mass is 15.1. The summed E-state index contributed by atoms with van der Waals surface area (Å²) in [5, 5.41) is 8.24. The minimum absolute atomic E-state index is 0.143. The molecule has 1 aliphatic heterocycles. The van der Waals surface area contributed by atoms with E-state index in [-0.39, 0.29) is 6.17 Å². The van der Waals surface area contributed by atoms with Crippen LogP contribution in [-0.4, -0.2) is 11.2 Å². The highest BCUT2D eigenvalue weighted by Crippen LogP contribution is 2.44. The number of pyridine rings is 1. The van der Waals surface area contributed by atoms with Gasteiger partial charge in [-0.15, -0.1) is 0 Å². The maximum absolute atomic E-state index is 4.74. The Labute approximate surface area is 221 Å². The summed E-state index contributed by atoms with van der Waals surface area (Å²) in [5.74, 6) is 0. The minimum atomic E-state index is -0.143. The van der Waals surface area contributed by atoms with Crippen molar-refractivity contribution in [3.63, 3.8) is 0 Å². The molecule has 1 aliphatic rings. The van der Waals surface area contributed by atoms with Crippen LogP contribution in [0.25, 0.3) is 54.9 Å². The molecule has 1 atom stereocenters. The fourth-order valence-corrected chi connectivity index (χ4v) is 5.46. The van der Waals surface area contributed by atoms with Crippen LogP contribution in [0.1, 0.15) is 11.9 Å². The Morgan fingerprint density at radius 1 is 0.526 bits per heavy atom. The van der Waals surface area contributed by atoms with Gasteiger partial charge in [0.05, 0.1) is 5.69 Å². The van der Waals surface area contributed by atoms with E-state index in [0.29, 0.717) is 0 Å². The molecular formula is C35H25N3. The number of hydrogen-bond acceptors (Lipinski definition) is 3. The molecule has 1 unspecified atom stereocenters. The summed E-state index contributed by atoms with van der Waals surface area (Å²) in [7, 11) is 0. The van der Waals surface area contributed by atoms with Gasteiger partial charge in [0.2, 0.25) is 0 Å². The van der Waals surface area contributed by atoms with E-state index >= 15 is 0 Å². The van der Waals surface area contributed by atoms with Crippen molar-refractivity contribution in [2.75, 3.05) is 0 Å². The molecule has 180 valence electrons. The van der Waals surface area contributed by atoms with E-state index in [1.807, 2.05) is 18.5 Å². The topological polar surface area (TPSA) is 37.3 Å². The predicted octanol–water partition coefficient (Wildman–Crippen LogP) is 8.58. The number of nitrogens with zero attached hydrogens (tertiary/aromatic N) is 2. The predicted molar refractivity (Wildman–Crippen MR) is 159 cm³/mol. The number of benzene rings is 5. The molecule has 3 heteroatoms. The Morgan fingerprint density at radius 3 is 1.74 bits per heavy atom. The Balaban J connectivity index is 1.48. The van der Waals surface area contributed by atoms with Gasteiger partial charge in [-0.2, -0.15) is 0 Å². The zero-order valence-electron chi connectivity index (χ0n) is 20.8. The molecule has 5 aromatic carbocycles. The second kappa shape index (κ2) is 9.45. The van der Waals surface area contributed by atoms with E-state index in [0.717, 1.165) is 16.8 Å². The van der Waals surface area contributed by atoms with Crippen molar-refractivity contribution in [1.29, 1.82) is 0 Å². The molecule has 0 bridgehead atoms. The third-order valence-electron chi connectivity index (χ3n) is 7.22. The summed E-state index contributed by atoms with van der Waals surface area (Å²) < 4.78 is 0. The van der Waals surface area contributed by atoms with Crippen LogP contribution in [0.5, 0.6) is 0 Å². The van der Waals surface area contributed by atoms with Gasteiger partial charge in [0.25, 0.3) is 0 Å². The molecule has 7 rings (SSSR count). The first-order valence-electron chi connectivity index (χ1n) is 12.9. The third kappa shape index (κ3) is 3.86. The van der Waals surface area contributed by atoms with Gasteiger partial charge < -0.3 is 5.32 Å². The largest absolute Gasteiger partial charge is 0.365 e. The van der Waals surface area contributed by atoms with Crippen LogP contribution in [0.4, 0.5) is 0 Å². The number of aliphatic imine (C=N–C) groups is 1. The van der Waals surface area contributed by atoms with Crippen molar-refractivity contribution in [3.8, 4) is 33.4 Å². The Kier molecular flexibility index (Phi) is 5.52. The van der Waals surface area contributed by atoms with E-state index < -0.39 is 0 Å². The highest BCUT2D eigenvalue weighted by molar-refractivity contribution is 6.21. The van der Waals surface area contributed by atoms with Gasteiger partial charge in [-0.05, 0) is 73.8 Å². The molecule has 0 saturated carbocycles. The van der Waals surface area contributed by atoms with Gasteiger partial charge in [-0.1, -0.05) is 103 Å². The Hall–Kier alpha value is -5.02. The quantitative estimate of drug-likeness (QED) is 0.253. The molecule has 2 heterocycles. The molecule has 0 radical (unpaired) electrons. The molecule has 0 aliphatic carbocycles. The molecule has 6 aromatic rings. The van der Waals surface area contributed by atoms with Gasteiger partial charge >= 0.3 is 0 Å². The van der Waals surface area contributed by atoms with E-state index in [1.165, 1.54) is 43.8 Å². The molecule has 0 spiro atoms. The van der Waals surface area contributed by atoms with Crippen molar-refractivity contribution >= 4 is 27.8 Å². The molecule has 0 saturated heterocycles. The van der Waals surface area contributed by atoms with Crippen molar-refractivity contribution < 1.29 is 0 Å². The second-order valence-corrected chi connectivity index (χ2v) is 9.49. The third-order valence-corrected chi connectivity index (χ3v) is 7.22. The van der Waals surface area contributed by atoms with Crippen LogP contribution in [0, 0.1) is 0 Å². The summed E-state index contributed by atoms with van der Waals surface area (Å²) in [6.45, 7) is 0. The fourth-order valence-electron chi connectivity index (χ4n) is 5.46. The van der Waals surface area contributed by atoms with Crippen LogP contribution >= 0.6 is 0 Å². The van der Waals surface area contributed by atoms with Crippen LogP contribution in [0.15, 0.2) is 139 Å². The Morgan fingerprint density at radius 2 is 1.13 bits per heavy atom. The lowest BCUT2D eigenvalue weighted by Crippen LogP contribution is -2.17. The maximum Gasteiger partial charge on any atom is 0.161 e. The van der Waals surface area contributed by atoms with Gasteiger partial charge in [-0.25, -0.2) is 0 Å². The summed E-state index contributed by atoms with van der Waals surface area (Å²) in [5.41, 5.74) is 8.09. The van der Waals surface area contributed by atoms with Crippen LogP contribution in [0.2, 0.25) is 0 Å². The average molecular weight is 488 g/mol. The monoisotopic (exact) mass is 487 g/mol. The van der Waals surface area contributed by atoms with Crippen LogP contribution < -0.4 is 5.32 Å². The molecule has 0 amide bonds. The lowest BCUT2D eigenvalue weighted by Gasteiger charge is -2.19. The average Bonchev–Trinajstić information content (AvgIpc) is 3.01. The number of aromatic nitrogens is 1. The van der Waals surface area contributed by atoms with Crippen molar-refractivity contribution in [1.82, 2.24) is 10.3 Å². The van der Waals surface area contributed by atoms with Crippen LogP contribution in [-0.2, 0) is 0 Å². The number of rotatable bonds is 4. The van der Waals surface area contributed by atoms with Crippen molar-refractivity contribution in [2.24, 2.45) is 4.99 Å². The maximum atomic E-state index is 4.74. The zero-order chi connectivity index (χ0) is 25.3. The first-order valence-corrected chi connectivity index (χ1v) is 12.9. The lowest BCUT2D eigenvalue weighted by molar-refractivity contribution is 0.633. The summed E-state index contributed by atoms with van der Waals surface area (Å²) >= 11 is 0. The molecule has 1 N–H and O–H groups in total. The SMILES string of the molecule is C1=CNC(c2ccc(-c3ccc4c(-c5ccccc5)c5ccccc5c(-c5ccccc5)c4c3)cn2)N=C1. The standard InChI is InChI=1S/C35H25N3/c1-3-10-24(11-4-1)33-28-14-7-8-15-29(28)34(25-12-5-2-6-13-25)31-22-26(16-18-30(31)33)27-17-19-32(38-23-27)35-36-20-9-21-37-35/h1-23,35-36H. The molecule has 1 aromatic heterocycles. The highest BCUT2D eigenvalue weighted by Gasteiger charge is 2.17. The Bertz CT molecular complexity index is 1820. The molecular weight excluding hydrogens is 462 g/mol. The lowest BCUT2D eigenvalue weighted by atomic mass is 9.85. The number of allylic oxidation sites excluding steroid dienone is 1. The summed E-state index contributed by atoms with van der Waals surface area (Å²) in [6, 6.07) is 41.2. The normalized spacial score (nSPS) is 14.6. The smallest absolute Gasteiger partial charge is 0.161 e. The first-order chi connectivity index (χ1) is 18.9. The molecule has 38 heavy (non-hydrogen) atoms. The molecule has 3 nitrogen and oxygen atoms in total. The van der Waals surface area contributed by atoms with Crippen molar-refractivity contribution in [3.05, 3.63) is 139 Å². The van der Waals surface area contributed by atoms with E-state index in [9.17, 15) is 0 Å². The van der Waals surface area contributed by atoms with Gasteiger partial charge in [-0.3, -0.25) is 9.98 Å². The first kappa shape index (κ1) is 22.2. The van der Waals surface area contributed by atoms with E-state index in [2.05, 4.69) is 126 Å². The van der Waals surface area contributed by atoms with E-state index in [4.69, 9.17) is 4.98 Å². The minimum Gasteiger partial charge on any atom is -0.365 e. The fraction of sp³-hybridized carbons (Fsp3) is 0.0286. The van der Waals surface area contributed by atoms with Gasteiger partial charge in [0, 0.05) is 18.0 Å². The van der Waals surface area contributed by atoms with Crippen LogP contribution in [0.3, 0.4) is 0 Å². The van der Waals surface area contributed by atoms with E-state index in [1.54, 1.807) is 6.21 Å². The molecule has 0 fully saturated rings. The summed E-state index contributed by atoms with van der Waals surface area (Å²) in [6.07, 6.45) is 7.40.